The zero-order valence-corrected chi connectivity index (χ0v) is 10.2. The van der Waals surface area contributed by atoms with Gasteiger partial charge in [-0.25, -0.2) is 0 Å². The first kappa shape index (κ1) is 13.5. The van der Waals surface area contributed by atoms with Crippen LogP contribution >= 0.6 is 0 Å². The van der Waals surface area contributed by atoms with Gasteiger partial charge in [-0.15, -0.1) is 0 Å². The van der Waals surface area contributed by atoms with Crippen LogP contribution < -0.4 is 10.6 Å². The average Bonchev–Trinajstić information content (AvgIpc) is 2.34. The van der Waals surface area contributed by atoms with Crippen molar-refractivity contribution in [3.8, 4) is 0 Å². The average molecular weight is 228 g/mol. The van der Waals surface area contributed by atoms with Gasteiger partial charge in [0.15, 0.2) is 0 Å². The van der Waals surface area contributed by atoms with Crippen molar-refractivity contribution >= 4 is 5.91 Å². The molecule has 1 aliphatic rings. The number of carbonyl (C=O) groups excluding carboxylic acids is 1. The van der Waals surface area contributed by atoms with E-state index in [1.54, 1.807) is 0 Å². The normalized spacial score (nSPS) is 19.4. The van der Waals surface area contributed by atoms with E-state index >= 15 is 0 Å². The summed E-state index contributed by atoms with van der Waals surface area (Å²) in [4.78, 5) is 11.6. The van der Waals surface area contributed by atoms with Crippen molar-refractivity contribution < 1.29 is 9.90 Å². The third-order valence-corrected chi connectivity index (χ3v) is 3.32. The van der Waals surface area contributed by atoms with Gasteiger partial charge in [0.05, 0.1) is 12.6 Å². The molecule has 0 spiro atoms. The molecule has 0 unspecified atom stereocenters. The molecule has 1 amide bonds. The molecule has 4 nitrogen and oxygen atoms in total. The van der Waals surface area contributed by atoms with Crippen molar-refractivity contribution in [2.24, 2.45) is 5.92 Å². The zero-order chi connectivity index (χ0) is 11.8. The Balaban J connectivity index is 2.13. The van der Waals surface area contributed by atoms with Crippen LogP contribution in [0, 0.1) is 5.92 Å². The molecule has 0 aliphatic carbocycles. The molecule has 0 bridgehead atoms. The van der Waals surface area contributed by atoms with E-state index in [1.807, 2.05) is 6.92 Å². The van der Waals surface area contributed by atoms with Crippen LogP contribution in [0.15, 0.2) is 0 Å². The predicted molar refractivity (Wildman–Crippen MR) is 64.1 cm³/mol. The van der Waals surface area contributed by atoms with Crippen molar-refractivity contribution in [2.75, 3.05) is 19.7 Å². The summed E-state index contributed by atoms with van der Waals surface area (Å²) in [7, 11) is 0. The molecule has 1 atom stereocenters. The molecule has 1 saturated heterocycles. The third kappa shape index (κ3) is 4.94. The van der Waals surface area contributed by atoms with E-state index in [-0.39, 0.29) is 18.6 Å². The number of nitrogens with one attached hydrogen (secondary N) is 2. The molecular weight excluding hydrogens is 204 g/mol. The number of hydrogen-bond donors (Lipinski definition) is 3. The second-order valence-electron chi connectivity index (χ2n) is 4.59. The van der Waals surface area contributed by atoms with Crippen molar-refractivity contribution in [1.82, 2.24) is 10.6 Å². The maximum absolute atomic E-state index is 11.6. The van der Waals surface area contributed by atoms with Crippen LogP contribution in [0.4, 0.5) is 0 Å². The SMILES string of the molecule is CC[C@@H](CO)NC(=O)CCC1CCNCC1. The maximum atomic E-state index is 11.6. The molecule has 3 N–H and O–H groups in total. The van der Waals surface area contributed by atoms with E-state index in [1.165, 1.54) is 12.8 Å². The van der Waals surface area contributed by atoms with Gasteiger partial charge < -0.3 is 15.7 Å². The van der Waals surface area contributed by atoms with Crippen molar-refractivity contribution in [1.29, 1.82) is 0 Å². The van der Waals surface area contributed by atoms with Gasteiger partial charge in [-0.3, -0.25) is 4.79 Å². The van der Waals surface area contributed by atoms with Gasteiger partial charge in [0.2, 0.25) is 5.91 Å². The monoisotopic (exact) mass is 228 g/mol. The highest BCUT2D eigenvalue weighted by atomic mass is 16.3. The Morgan fingerprint density at radius 2 is 2.19 bits per heavy atom. The smallest absolute Gasteiger partial charge is 0.220 e. The highest BCUT2D eigenvalue weighted by Gasteiger charge is 2.15. The zero-order valence-electron chi connectivity index (χ0n) is 10.2. The molecule has 1 fully saturated rings. The lowest BCUT2D eigenvalue weighted by Crippen LogP contribution is -2.37. The van der Waals surface area contributed by atoms with Gasteiger partial charge >= 0.3 is 0 Å². The number of hydrogen-bond acceptors (Lipinski definition) is 3. The Morgan fingerprint density at radius 1 is 1.50 bits per heavy atom. The van der Waals surface area contributed by atoms with Crippen LogP contribution in [0.25, 0.3) is 0 Å². The molecule has 16 heavy (non-hydrogen) atoms. The highest BCUT2D eigenvalue weighted by molar-refractivity contribution is 5.76. The predicted octanol–water partition coefficient (Wildman–Crippen LogP) is 0.653. The summed E-state index contributed by atoms with van der Waals surface area (Å²) in [6, 6.07) is -0.0690. The lowest BCUT2D eigenvalue weighted by atomic mass is 9.93. The number of piperidine rings is 1. The minimum Gasteiger partial charge on any atom is -0.394 e. The molecule has 0 aromatic rings. The fourth-order valence-corrected chi connectivity index (χ4v) is 2.08. The first-order valence-corrected chi connectivity index (χ1v) is 6.37. The molecule has 0 aromatic carbocycles. The fourth-order valence-electron chi connectivity index (χ4n) is 2.08. The van der Waals surface area contributed by atoms with Crippen LogP contribution in [0.3, 0.4) is 0 Å². The van der Waals surface area contributed by atoms with Crippen LogP contribution in [0.1, 0.15) is 39.0 Å². The first-order chi connectivity index (χ1) is 7.76. The molecule has 0 radical (unpaired) electrons. The first-order valence-electron chi connectivity index (χ1n) is 6.37. The van der Waals surface area contributed by atoms with Gasteiger partial charge in [-0.2, -0.15) is 0 Å². The quantitative estimate of drug-likeness (QED) is 0.625. The van der Waals surface area contributed by atoms with E-state index in [4.69, 9.17) is 5.11 Å². The Bertz CT molecular complexity index is 199. The molecular formula is C12H24N2O2. The van der Waals surface area contributed by atoms with E-state index < -0.39 is 0 Å². The number of rotatable bonds is 6. The second kappa shape index (κ2) is 7.63. The molecule has 0 aromatic heterocycles. The van der Waals surface area contributed by atoms with E-state index in [2.05, 4.69) is 10.6 Å². The van der Waals surface area contributed by atoms with Crippen LogP contribution in [0.2, 0.25) is 0 Å². The van der Waals surface area contributed by atoms with Crippen molar-refractivity contribution in [3.63, 3.8) is 0 Å². The van der Waals surface area contributed by atoms with Crippen LogP contribution in [-0.2, 0) is 4.79 Å². The number of amides is 1. The van der Waals surface area contributed by atoms with Gasteiger partial charge in [0.1, 0.15) is 0 Å². The summed E-state index contributed by atoms with van der Waals surface area (Å²) in [5, 5.41) is 15.1. The molecule has 1 heterocycles. The summed E-state index contributed by atoms with van der Waals surface area (Å²) in [6.07, 6.45) is 4.74. The van der Waals surface area contributed by atoms with Crippen LogP contribution in [0.5, 0.6) is 0 Å². The molecule has 1 aliphatic heterocycles. The standard InChI is InChI=1S/C12H24N2O2/c1-2-11(9-15)14-12(16)4-3-10-5-7-13-8-6-10/h10-11,13,15H,2-9H2,1H3,(H,14,16)/t11-/m0/s1. The van der Waals surface area contributed by atoms with Gasteiger partial charge in [0, 0.05) is 6.42 Å². The van der Waals surface area contributed by atoms with Gasteiger partial charge in [-0.05, 0) is 44.7 Å². The minimum absolute atomic E-state index is 0.0373. The van der Waals surface area contributed by atoms with Crippen LogP contribution in [-0.4, -0.2) is 36.8 Å². The number of aliphatic hydroxyl groups is 1. The summed E-state index contributed by atoms with van der Waals surface area (Å²) < 4.78 is 0. The topological polar surface area (TPSA) is 61.4 Å². The summed E-state index contributed by atoms with van der Waals surface area (Å²) in [6.45, 7) is 4.17. The highest BCUT2D eigenvalue weighted by Crippen LogP contribution is 2.17. The van der Waals surface area contributed by atoms with Crippen molar-refractivity contribution in [2.45, 2.75) is 45.1 Å². The number of carbonyl (C=O) groups is 1. The van der Waals surface area contributed by atoms with Gasteiger partial charge in [0.25, 0.3) is 0 Å². The minimum atomic E-state index is -0.0690. The maximum Gasteiger partial charge on any atom is 0.220 e. The van der Waals surface area contributed by atoms with E-state index in [0.717, 1.165) is 25.9 Å². The Kier molecular flexibility index (Phi) is 6.42. The summed E-state index contributed by atoms with van der Waals surface area (Å²) in [5.41, 5.74) is 0. The Morgan fingerprint density at radius 3 is 2.75 bits per heavy atom. The fraction of sp³-hybridized carbons (Fsp3) is 0.917. The molecule has 0 saturated carbocycles. The molecule has 1 rings (SSSR count). The largest absolute Gasteiger partial charge is 0.394 e. The Hall–Kier alpha value is -0.610. The second-order valence-corrected chi connectivity index (χ2v) is 4.59. The lowest BCUT2D eigenvalue weighted by Gasteiger charge is -2.22. The lowest BCUT2D eigenvalue weighted by molar-refractivity contribution is -0.122. The summed E-state index contributed by atoms with van der Waals surface area (Å²) in [5.74, 6) is 0.778. The Labute approximate surface area is 97.8 Å². The summed E-state index contributed by atoms with van der Waals surface area (Å²) >= 11 is 0. The van der Waals surface area contributed by atoms with E-state index in [0.29, 0.717) is 12.3 Å². The third-order valence-electron chi connectivity index (χ3n) is 3.32. The van der Waals surface area contributed by atoms with Gasteiger partial charge in [-0.1, -0.05) is 6.92 Å². The molecule has 94 valence electrons. The van der Waals surface area contributed by atoms with E-state index in [9.17, 15) is 4.79 Å². The number of aliphatic hydroxyl groups excluding tert-OH is 1. The van der Waals surface area contributed by atoms with Crippen molar-refractivity contribution in [3.05, 3.63) is 0 Å². The molecule has 4 heteroatoms.